The highest BCUT2D eigenvalue weighted by molar-refractivity contribution is 5.90. The zero-order valence-electron chi connectivity index (χ0n) is 16.3. The Kier molecular flexibility index (Phi) is 7.72. The summed E-state index contributed by atoms with van der Waals surface area (Å²) in [4.78, 5) is 45.7. The fraction of sp³-hybridized carbons (Fsp3) is 0.250. The third-order valence-corrected chi connectivity index (χ3v) is 4.28. The van der Waals surface area contributed by atoms with E-state index in [4.69, 9.17) is 0 Å². The second-order valence-electron chi connectivity index (χ2n) is 6.73. The number of carboxylic acid groups (broad SMARTS) is 1. The largest absolute Gasteiger partial charge is 0.480 e. The third kappa shape index (κ3) is 6.84. The minimum Gasteiger partial charge on any atom is -0.480 e. The van der Waals surface area contributed by atoms with Crippen molar-refractivity contribution in [3.63, 3.8) is 0 Å². The maximum atomic E-state index is 13.5. The first-order chi connectivity index (χ1) is 14.6. The molecule has 0 aliphatic heterocycles. The molecule has 0 fully saturated rings. The first kappa shape index (κ1) is 23.4. The van der Waals surface area contributed by atoms with Crippen molar-refractivity contribution in [3.8, 4) is 0 Å². The molecule has 2 aromatic rings. The van der Waals surface area contributed by atoms with Crippen molar-refractivity contribution in [1.82, 2.24) is 10.6 Å². The number of halogens is 2. The van der Waals surface area contributed by atoms with Gasteiger partial charge in [-0.25, -0.2) is 9.18 Å². The topological polar surface area (TPSA) is 139 Å². The lowest BCUT2D eigenvalue weighted by atomic mass is 10.0. The summed E-state index contributed by atoms with van der Waals surface area (Å²) >= 11 is 0. The van der Waals surface area contributed by atoms with Gasteiger partial charge in [0.2, 0.25) is 17.6 Å². The molecular weight excluding hydrogens is 416 g/mol. The number of amides is 2. The average molecular weight is 435 g/mol. The molecule has 2 rings (SSSR count). The van der Waals surface area contributed by atoms with Gasteiger partial charge in [-0.15, -0.1) is 0 Å². The minimum absolute atomic E-state index is 0.0997. The number of hydrogen-bond donors (Lipinski definition) is 3. The molecule has 3 N–H and O–H groups in total. The quantitative estimate of drug-likeness (QED) is 0.405. The van der Waals surface area contributed by atoms with Crippen LogP contribution in [0.2, 0.25) is 0 Å². The molecule has 9 nitrogen and oxygen atoms in total. The van der Waals surface area contributed by atoms with Crippen molar-refractivity contribution < 1.29 is 33.2 Å². The molecule has 31 heavy (non-hydrogen) atoms. The van der Waals surface area contributed by atoms with Gasteiger partial charge in [-0.3, -0.25) is 19.7 Å². The van der Waals surface area contributed by atoms with E-state index >= 15 is 0 Å². The Morgan fingerprint density at radius 2 is 1.68 bits per heavy atom. The van der Waals surface area contributed by atoms with Crippen molar-refractivity contribution in [2.75, 3.05) is 0 Å². The lowest BCUT2D eigenvalue weighted by Crippen LogP contribution is -2.52. The lowest BCUT2D eigenvalue weighted by molar-refractivity contribution is -0.387. The van der Waals surface area contributed by atoms with Crippen LogP contribution in [-0.2, 0) is 27.2 Å². The highest BCUT2D eigenvalue weighted by Gasteiger charge is 2.27. The van der Waals surface area contributed by atoms with Gasteiger partial charge >= 0.3 is 11.7 Å². The van der Waals surface area contributed by atoms with Crippen molar-refractivity contribution in [2.24, 2.45) is 0 Å². The number of carbonyl (C=O) groups is 3. The summed E-state index contributed by atoms with van der Waals surface area (Å²) in [5.74, 6) is -4.46. The molecule has 0 spiro atoms. The summed E-state index contributed by atoms with van der Waals surface area (Å²) in [6.45, 7) is 1.16. The molecule has 0 aliphatic rings. The second-order valence-corrected chi connectivity index (χ2v) is 6.73. The number of nitrogens with one attached hydrogen (secondary N) is 2. The Labute approximate surface area is 175 Å². The third-order valence-electron chi connectivity index (χ3n) is 4.28. The zero-order valence-corrected chi connectivity index (χ0v) is 16.3. The number of rotatable bonds is 9. The van der Waals surface area contributed by atoms with Crippen LogP contribution in [0.25, 0.3) is 0 Å². The van der Waals surface area contributed by atoms with Crippen molar-refractivity contribution in [1.29, 1.82) is 0 Å². The highest BCUT2D eigenvalue weighted by Crippen LogP contribution is 2.19. The van der Waals surface area contributed by atoms with Gasteiger partial charge in [0.25, 0.3) is 0 Å². The van der Waals surface area contributed by atoms with Crippen LogP contribution < -0.4 is 10.6 Å². The monoisotopic (exact) mass is 435 g/mol. The Balaban J connectivity index is 2.19. The van der Waals surface area contributed by atoms with E-state index < -0.39 is 52.1 Å². The Morgan fingerprint density at radius 3 is 2.26 bits per heavy atom. The number of nitro groups is 1. The van der Waals surface area contributed by atoms with E-state index in [1.54, 1.807) is 0 Å². The van der Waals surface area contributed by atoms with Crippen LogP contribution in [-0.4, -0.2) is 39.9 Å². The van der Waals surface area contributed by atoms with E-state index in [0.717, 1.165) is 19.1 Å². The predicted octanol–water partition coefficient (Wildman–Crippen LogP) is 1.73. The van der Waals surface area contributed by atoms with Crippen LogP contribution in [0.5, 0.6) is 0 Å². The first-order valence-corrected chi connectivity index (χ1v) is 9.04. The average Bonchev–Trinajstić information content (AvgIpc) is 2.67. The first-order valence-electron chi connectivity index (χ1n) is 9.04. The molecule has 2 aromatic carbocycles. The minimum atomic E-state index is -1.51. The van der Waals surface area contributed by atoms with Gasteiger partial charge in [0.05, 0.1) is 4.92 Å². The van der Waals surface area contributed by atoms with Gasteiger partial charge in [-0.1, -0.05) is 18.2 Å². The van der Waals surface area contributed by atoms with E-state index in [1.807, 2.05) is 0 Å². The molecule has 0 aromatic heterocycles. The number of benzene rings is 2. The van der Waals surface area contributed by atoms with Gasteiger partial charge < -0.3 is 15.7 Å². The molecule has 0 saturated heterocycles. The molecule has 0 radical (unpaired) electrons. The standard InChI is InChI=1S/C20H19F2N3O6/c1-11(26)23-16(8-12-3-2-4-14(21)7-12)19(27)24-17(20(28)29)9-13-5-6-15(22)18(10-13)25(30)31/h2-7,10,16-17H,8-9H2,1H3,(H,23,26)(H,24,27)(H,28,29)/t16-,17+/m1/s1. The number of carbonyl (C=O) groups excluding carboxylic acids is 2. The molecule has 0 bridgehead atoms. The van der Waals surface area contributed by atoms with Crippen LogP contribution in [0.1, 0.15) is 18.1 Å². The molecule has 0 aliphatic carbocycles. The second kappa shape index (κ2) is 10.2. The van der Waals surface area contributed by atoms with E-state index in [2.05, 4.69) is 10.6 Å². The van der Waals surface area contributed by atoms with Gasteiger partial charge in [0.15, 0.2) is 0 Å². The molecule has 164 valence electrons. The van der Waals surface area contributed by atoms with Crippen LogP contribution in [0.3, 0.4) is 0 Å². The van der Waals surface area contributed by atoms with E-state index in [9.17, 15) is 38.4 Å². The molecule has 0 unspecified atom stereocenters. The normalized spacial score (nSPS) is 12.5. The SMILES string of the molecule is CC(=O)N[C@H](Cc1cccc(F)c1)C(=O)N[C@@H](Cc1ccc(F)c([N+](=O)[O-])c1)C(=O)O. The fourth-order valence-corrected chi connectivity index (χ4v) is 2.89. The lowest BCUT2D eigenvalue weighted by Gasteiger charge is -2.21. The van der Waals surface area contributed by atoms with Crippen molar-refractivity contribution in [2.45, 2.75) is 31.8 Å². The maximum Gasteiger partial charge on any atom is 0.326 e. The van der Waals surface area contributed by atoms with E-state index in [-0.39, 0.29) is 18.4 Å². The summed E-state index contributed by atoms with van der Waals surface area (Å²) in [7, 11) is 0. The number of aliphatic carboxylic acids is 1. The van der Waals surface area contributed by atoms with Crippen LogP contribution in [0, 0.1) is 21.7 Å². The maximum absolute atomic E-state index is 13.5. The number of nitro benzene ring substituents is 1. The molecule has 2 atom stereocenters. The van der Waals surface area contributed by atoms with E-state index in [0.29, 0.717) is 5.56 Å². The fourth-order valence-electron chi connectivity index (χ4n) is 2.89. The van der Waals surface area contributed by atoms with Gasteiger partial charge in [-0.05, 0) is 29.3 Å². The Morgan fingerprint density at radius 1 is 1.03 bits per heavy atom. The summed E-state index contributed by atoms with van der Waals surface area (Å²) < 4.78 is 26.9. The zero-order chi connectivity index (χ0) is 23.1. The molecule has 0 heterocycles. The van der Waals surface area contributed by atoms with Crippen LogP contribution in [0.4, 0.5) is 14.5 Å². The molecule has 11 heteroatoms. The van der Waals surface area contributed by atoms with Gasteiger partial charge in [-0.2, -0.15) is 4.39 Å². The number of hydrogen-bond acceptors (Lipinski definition) is 5. The van der Waals surface area contributed by atoms with E-state index in [1.165, 1.54) is 30.3 Å². The summed E-state index contributed by atoms with van der Waals surface area (Å²) in [5, 5.41) is 25.0. The Hall–Kier alpha value is -3.89. The summed E-state index contributed by atoms with van der Waals surface area (Å²) in [6, 6.07) is 5.53. The smallest absolute Gasteiger partial charge is 0.326 e. The number of nitrogens with zero attached hydrogens (tertiary/aromatic N) is 1. The summed E-state index contributed by atoms with van der Waals surface area (Å²) in [5.41, 5.74) is -0.313. The van der Waals surface area contributed by atoms with Crippen LogP contribution in [0.15, 0.2) is 42.5 Å². The summed E-state index contributed by atoms with van der Waals surface area (Å²) in [6.07, 6.45) is -0.466. The van der Waals surface area contributed by atoms with Gasteiger partial charge in [0.1, 0.15) is 17.9 Å². The van der Waals surface area contributed by atoms with Crippen molar-refractivity contribution in [3.05, 3.63) is 75.3 Å². The van der Waals surface area contributed by atoms with Crippen molar-refractivity contribution >= 4 is 23.5 Å². The van der Waals surface area contributed by atoms with Gasteiger partial charge in [0, 0.05) is 25.8 Å². The Bertz CT molecular complexity index is 1010. The highest BCUT2D eigenvalue weighted by atomic mass is 19.1. The predicted molar refractivity (Wildman–Crippen MR) is 104 cm³/mol. The molecular formula is C20H19F2N3O6. The molecule has 2 amide bonds. The molecule has 0 saturated carbocycles. The van der Waals surface area contributed by atoms with Crippen LogP contribution >= 0.6 is 0 Å². The number of carboxylic acids is 1.